The van der Waals surface area contributed by atoms with Gasteiger partial charge in [0.25, 0.3) is 0 Å². The van der Waals surface area contributed by atoms with E-state index in [-0.39, 0.29) is 5.97 Å². The van der Waals surface area contributed by atoms with Crippen molar-refractivity contribution in [1.29, 1.82) is 0 Å². The lowest BCUT2D eigenvalue weighted by molar-refractivity contribution is -0.141. The van der Waals surface area contributed by atoms with Gasteiger partial charge in [-0.1, -0.05) is 38.1 Å². The Morgan fingerprint density at radius 1 is 1.11 bits per heavy atom. The summed E-state index contributed by atoms with van der Waals surface area (Å²) >= 11 is 1.62. The van der Waals surface area contributed by atoms with Crippen LogP contribution < -0.4 is 4.74 Å². The van der Waals surface area contributed by atoms with E-state index in [1.165, 1.54) is 0 Å². The molecule has 0 aliphatic heterocycles. The van der Waals surface area contributed by atoms with Crippen molar-refractivity contribution in [3.8, 4) is 5.75 Å². The van der Waals surface area contributed by atoms with E-state index in [9.17, 15) is 4.79 Å². The van der Waals surface area contributed by atoms with E-state index in [1.807, 2.05) is 61.7 Å². The molecule has 0 N–H and O–H groups in total. The normalized spacial score (nSPS) is 11.3. The highest BCUT2D eigenvalue weighted by atomic mass is 32.1. The van der Waals surface area contributed by atoms with Gasteiger partial charge in [0.2, 0.25) is 0 Å². The van der Waals surface area contributed by atoms with Crippen molar-refractivity contribution in [3.63, 3.8) is 0 Å². The third kappa shape index (κ3) is 2.71. The van der Waals surface area contributed by atoms with Gasteiger partial charge in [0.15, 0.2) is 0 Å². The van der Waals surface area contributed by atoms with Gasteiger partial charge in [-0.15, -0.1) is 11.3 Å². The molecule has 0 radical (unpaired) electrons. The second-order valence-electron chi connectivity index (χ2n) is 4.47. The van der Waals surface area contributed by atoms with E-state index >= 15 is 0 Å². The molecular formula is C16H18O2S. The van der Waals surface area contributed by atoms with E-state index in [0.29, 0.717) is 5.75 Å². The van der Waals surface area contributed by atoms with E-state index in [4.69, 9.17) is 4.74 Å². The van der Waals surface area contributed by atoms with Gasteiger partial charge in [-0.2, -0.15) is 0 Å². The summed E-state index contributed by atoms with van der Waals surface area (Å²) in [5.41, 5.74) is -0.524. The number of ether oxygens (including phenoxy) is 1. The maximum atomic E-state index is 12.6. The zero-order chi connectivity index (χ0) is 13.7. The number of esters is 1. The highest BCUT2D eigenvalue weighted by Gasteiger charge is 2.39. The molecule has 0 aliphatic rings. The highest BCUT2D eigenvalue weighted by molar-refractivity contribution is 7.10. The average Bonchev–Trinajstić information content (AvgIpc) is 2.96. The van der Waals surface area contributed by atoms with Gasteiger partial charge < -0.3 is 4.74 Å². The van der Waals surface area contributed by atoms with Crippen molar-refractivity contribution in [1.82, 2.24) is 0 Å². The summed E-state index contributed by atoms with van der Waals surface area (Å²) in [5.74, 6) is 0.446. The number of rotatable bonds is 5. The first-order chi connectivity index (χ1) is 9.23. The summed E-state index contributed by atoms with van der Waals surface area (Å²) in [7, 11) is 0. The monoisotopic (exact) mass is 274 g/mol. The lowest BCUT2D eigenvalue weighted by Crippen LogP contribution is -2.37. The van der Waals surface area contributed by atoms with Crippen LogP contribution >= 0.6 is 11.3 Å². The van der Waals surface area contributed by atoms with E-state index in [2.05, 4.69) is 0 Å². The van der Waals surface area contributed by atoms with Crippen LogP contribution in [0.1, 0.15) is 31.6 Å². The summed E-state index contributed by atoms with van der Waals surface area (Å²) in [6.45, 7) is 4.07. The van der Waals surface area contributed by atoms with E-state index in [1.54, 1.807) is 11.3 Å². The van der Waals surface area contributed by atoms with Gasteiger partial charge in [-0.3, -0.25) is 4.79 Å². The SMILES string of the molecule is CCC(CC)(C(=O)Oc1ccccc1)c1cccs1. The zero-order valence-electron chi connectivity index (χ0n) is 11.3. The fourth-order valence-electron chi connectivity index (χ4n) is 2.23. The van der Waals surface area contributed by atoms with Gasteiger partial charge in [0.1, 0.15) is 11.2 Å². The molecule has 0 saturated carbocycles. The van der Waals surface area contributed by atoms with Gasteiger partial charge in [0, 0.05) is 4.88 Å². The molecule has 0 spiro atoms. The summed E-state index contributed by atoms with van der Waals surface area (Å²) in [4.78, 5) is 13.7. The molecule has 2 rings (SSSR count). The second-order valence-corrected chi connectivity index (χ2v) is 5.42. The van der Waals surface area contributed by atoms with Crippen molar-refractivity contribution >= 4 is 17.3 Å². The van der Waals surface area contributed by atoms with Crippen LogP contribution in [0, 0.1) is 0 Å². The molecule has 0 bridgehead atoms. The Balaban J connectivity index is 2.27. The number of hydrogen-bond donors (Lipinski definition) is 0. The van der Waals surface area contributed by atoms with Crippen LogP contribution in [0.4, 0.5) is 0 Å². The third-order valence-electron chi connectivity index (χ3n) is 3.54. The molecule has 0 unspecified atom stereocenters. The lowest BCUT2D eigenvalue weighted by atomic mass is 9.81. The molecule has 1 aromatic carbocycles. The molecule has 0 aliphatic carbocycles. The molecule has 0 saturated heterocycles. The molecular weight excluding hydrogens is 256 g/mol. The molecule has 2 aromatic rings. The van der Waals surface area contributed by atoms with Crippen molar-refractivity contribution in [2.75, 3.05) is 0 Å². The number of hydrogen-bond acceptors (Lipinski definition) is 3. The van der Waals surface area contributed by atoms with Crippen LogP contribution in [0.15, 0.2) is 47.8 Å². The first-order valence-corrected chi connectivity index (χ1v) is 7.42. The molecule has 0 amide bonds. The van der Waals surface area contributed by atoms with Crippen molar-refractivity contribution < 1.29 is 9.53 Å². The lowest BCUT2D eigenvalue weighted by Gasteiger charge is -2.27. The van der Waals surface area contributed by atoms with Crippen LogP contribution in [0.5, 0.6) is 5.75 Å². The topological polar surface area (TPSA) is 26.3 Å². The number of para-hydroxylation sites is 1. The quantitative estimate of drug-likeness (QED) is 0.596. The van der Waals surface area contributed by atoms with Crippen LogP contribution in [-0.2, 0) is 10.2 Å². The summed E-state index contributed by atoms with van der Waals surface area (Å²) in [5, 5.41) is 2.01. The van der Waals surface area contributed by atoms with Gasteiger partial charge in [-0.25, -0.2) is 0 Å². The molecule has 100 valence electrons. The fraction of sp³-hybridized carbons (Fsp3) is 0.312. The maximum Gasteiger partial charge on any atom is 0.322 e. The Bertz CT molecular complexity index is 513. The minimum absolute atomic E-state index is 0.161. The Hall–Kier alpha value is -1.61. The molecule has 0 fully saturated rings. The van der Waals surface area contributed by atoms with Crippen molar-refractivity contribution in [2.24, 2.45) is 0 Å². The van der Waals surface area contributed by atoms with Crippen LogP contribution in [0.2, 0.25) is 0 Å². The minimum atomic E-state index is -0.524. The fourth-order valence-corrected chi connectivity index (χ4v) is 3.29. The number of benzene rings is 1. The largest absolute Gasteiger partial charge is 0.426 e. The Labute approximate surface area is 118 Å². The van der Waals surface area contributed by atoms with Gasteiger partial charge >= 0.3 is 5.97 Å². The van der Waals surface area contributed by atoms with Gasteiger partial charge in [-0.05, 0) is 36.4 Å². The van der Waals surface area contributed by atoms with Crippen LogP contribution in [-0.4, -0.2) is 5.97 Å². The number of carbonyl (C=O) groups excluding carboxylic acids is 1. The Kier molecular flexibility index (Phi) is 4.38. The standard InChI is InChI=1S/C16H18O2S/c1-3-16(4-2,14-11-8-12-19-14)15(17)18-13-9-6-5-7-10-13/h5-12H,3-4H2,1-2H3. The summed E-state index contributed by atoms with van der Waals surface area (Å²) < 4.78 is 5.55. The predicted octanol–water partition coefficient (Wildman–Crippen LogP) is 4.41. The van der Waals surface area contributed by atoms with E-state index in [0.717, 1.165) is 17.7 Å². The molecule has 1 heterocycles. The van der Waals surface area contributed by atoms with E-state index < -0.39 is 5.41 Å². The van der Waals surface area contributed by atoms with Crippen LogP contribution in [0.3, 0.4) is 0 Å². The van der Waals surface area contributed by atoms with Crippen molar-refractivity contribution in [2.45, 2.75) is 32.1 Å². The van der Waals surface area contributed by atoms with Crippen molar-refractivity contribution in [3.05, 3.63) is 52.7 Å². The Morgan fingerprint density at radius 2 is 1.79 bits per heavy atom. The van der Waals surface area contributed by atoms with Crippen LogP contribution in [0.25, 0.3) is 0 Å². The highest BCUT2D eigenvalue weighted by Crippen LogP contribution is 2.36. The Morgan fingerprint density at radius 3 is 2.32 bits per heavy atom. The smallest absolute Gasteiger partial charge is 0.322 e. The van der Waals surface area contributed by atoms with Gasteiger partial charge in [0.05, 0.1) is 0 Å². The first-order valence-electron chi connectivity index (χ1n) is 6.54. The molecule has 3 heteroatoms. The minimum Gasteiger partial charge on any atom is -0.426 e. The third-order valence-corrected chi connectivity index (χ3v) is 4.62. The molecule has 0 atom stereocenters. The molecule has 2 nitrogen and oxygen atoms in total. The number of carbonyl (C=O) groups is 1. The summed E-state index contributed by atoms with van der Waals surface area (Å²) in [6.07, 6.45) is 1.49. The second kappa shape index (κ2) is 6.02. The first kappa shape index (κ1) is 13.8. The zero-order valence-corrected chi connectivity index (χ0v) is 12.1. The molecule has 19 heavy (non-hydrogen) atoms. The predicted molar refractivity (Wildman–Crippen MR) is 78.7 cm³/mol. The number of thiophene rings is 1. The summed E-state index contributed by atoms with van der Waals surface area (Å²) in [6, 6.07) is 13.3. The molecule has 1 aromatic heterocycles. The maximum absolute atomic E-state index is 12.6. The average molecular weight is 274 g/mol.